The van der Waals surface area contributed by atoms with Gasteiger partial charge in [-0.3, -0.25) is 9.59 Å². The first-order valence-corrected chi connectivity index (χ1v) is 7.46. The van der Waals surface area contributed by atoms with E-state index in [1.54, 1.807) is 18.2 Å². The van der Waals surface area contributed by atoms with Crippen LogP contribution < -0.4 is 16.4 Å². The van der Waals surface area contributed by atoms with Gasteiger partial charge in [0.1, 0.15) is 0 Å². The Labute approximate surface area is 129 Å². The third-order valence-electron chi connectivity index (χ3n) is 3.73. The summed E-state index contributed by atoms with van der Waals surface area (Å²) in [6.07, 6.45) is 3.50. The van der Waals surface area contributed by atoms with Crippen molar-refractivity contribution in [3.63, 3.8) is 0 Å². The summed E-state index contributed by atoms with van der Waals surface area (Å²) in [4.78, 5) is 23.0. The third-order valence-corrected chi connectivity index (χ3v) is 4.04. The number of hydrogen-bond acceptors (Lipinski definition) is 3. The number of carbonyl (C=O) groups excluding carboxylic acids is 2. The lowest BCUT2D eigenvalue weighted by Gasteiger charge is -2.15. The SMILES string of the molecule is CC(=O)Nc1ccc(NC(=O)C[C@@H]2CCC[C@H]2N)c(Cl)c1. The molecule has 0 bridgehead atoms. The fourth-order valence-corrected chi connectivity index (χ4v) is 2.88. The van der Waals surface area contributed by atoms with Gasteiger partial charge in [-0.15, -0.1) is 0 Å². The highest BCUT2D eigenvalue weighted by Gasteiger charge is 2.26. The molecule has 114 valence electrons. The molecular formula is C15H20ClN3O2. The first-order chi connectivity index (χ1) is 9.95. The Balaban J connectivity index is 1.95. The van der Waals surface area contributed by atoms with Crippen LogP contribution in [0.25, 0.3) is 0 Å². The molecule has 1 aliphatic carbocycles. The predicted molar refractivity (Wildman–Crippen MR) is 84.3 cm³/mol. The van der Waals surface area contributed by atoms with E-state index in [-0.39, 0.29) is 23.8 Å². The molecule has 1 aliphatic rings. The summed E-state index contributed by atoms with van der Waals surface area (Å²) in [6.45, 7) is 1.43. The van der Waals surface area contributed by atoms with Crippen LogP contribution in [0.3, 0.4) is 0 Å². The number of amides is 2. The number of hydrogen-bond donors (Lipinski definition) is 3. The smallest absolute Gasteiger partial charge is 0.224 e. The highest BCUT2D eigenvalue weighted by molar-refractivity contribution is 6.34. The summed E-state index contributed by atoms with van der Waals surface area (Å²) in [5, 5.41) is 5.83. The van der Waals surface area contributed by atoms with Gasteiger partial charge >= 0.3 is 0 Å². The van der Waals surface area contributed by atoms with Crippen LogP contribution in [-0.4, -0.2) is 17.9 Å². The lowest BCUT2D eigenvalue weighted by molar-refractivity contribution is -0.117. The van der Waals surface area contributed by atoms with Crippen LogP contribution in [0.15, 0.2) is 18.2 Å². The van der Waals surface area contributed by atoms with E-state index >= 15 is 0 Å². The first kappa shape index (κ1) is 15.8. The van der Waals surface area contributed by atoms with Crippen LogP contribution in [0.5, 0.6) is 0 Å². The summed E-state index contributed by atoms with van der Waals surface area (Å²) in [6, 6.07) is 5.11. The summed E-state index contributed by atoms with van der Waals surface area (Å²) in [5.74, 6) is 0.00651. The maximum absolute atomic E-state index is 12.0. The highest BCUT2D eigenvalue weighted by atomic mass is 35.5. The van der Waals surface area contributed by atoms with Crippen LogP contribution in [0.1, 0.15) is 32.6 Å². The van der Waals surface area contributed by atoms with E-state index in [9.17, 15) is 9.59 Å². The molecule has 2 rings (SSSR count). The second-order valence-corrected chi connectivity index (χ2v) is 5.89. The van der Waals surface area contributed by atoms with Crippen molar-refractivity contribution in [1.82, 2.24) is 0 Å². The summed E-state index contributed by atoms with van der Waals surface area (Å²) in [7, 11) is 0. The average molecular weight is 310 g/mol. The molecule has 0 aliphatic heterocycles. The standard InChI is InChI=1S/C15H20ClN3O2/c1-9(20)18-11-5-6-14(12(16)8-11)19-15(21)7-10-3-2-4-13(10)17/h5-6,8,10,13H,2-4,7,17H2,1H3,(H,18,20)(H,19,21)/t10-,13+/m0/s1. The molecule has 5 nitrogen and oxygen atoms in total. The maximum Gasteiger partial charge on any atom is 0.224 e. The van der Waals surface area contributed by atoms with E-state index in [0.29, 0.717) is 22.8 Å². The van der Waals surface area contributed by atoms with E-state index < -0.39 is 0 Å². The van der Waals surface area contributed by atoms with Crippen molar-refractivity contribution in [1.29, 1.82) is 0 Å². The Hall–Kier alpha value is -1.59. The fourth-order valence-electron chi connectivity index (χ4n) is 2.66. The van der Waals surface area contributed by atoms with Gasteiger partial charge in [-0.2, -0.15) is 0 Å². The Morgan fingerprint density at radius 2 is 2.10 bits per heavy atom. The number of halogens is 1. The summed E-state index contributed by atoms with van der Waals surface area (Å²) >= 11 is 6.11. The van der Waals surface area contributed by atoms with Gasteiger partial charge in [-0.1, -0.05) is 18.0 Å². The molecule has 1 aromatic carbocycles. The number of carbonyl (C=O) groups is 2. The lowest BCUT2D eigenvalue weighted by atomic mass is 10.00. The molecule has 0 unspecified atom stereocenters. The molecule has 2 amide bonds. The summed E-state index contributed by atoms with van der Waals surface area (Å²) < 4.78 is 0. The molecule has 4 N–H and O–H groups in total. The Kier molecular flexibility index (Phi) is 5.20. The Morgan fingerprint density at radius 1 is 1.33 bits per heavy atom. The van der Waals surface area contributed by atoms with E-state index in [0.717, 1.165) is 19.3 Å². The number of benzene rings is 1. The molecule has 21 heavy (non-hydrogen) atoms. The monoisotopic (exact) mass is 309 g/mol. The maximum atomic E-state index is 12.0. The average Bonchev–Trinajstić information content (AvgIpc) is 2.78. The minimum atomic E-state index is -0.168. The van der Waals surface area contributed by atoms with Gasteiger partial charge in [-0.05, 0) is 37.0 Å². The number of rotatable bonds is 4. The molecule has 0 spiro atoms. The lowest BCUT2D eigenvalue weighted by Crippen LogP contribution is -2.28. The Morgan fingerprint density at radius 3 is 2.67 bits per heavy atom. The van der Waals surface area contributed by atoms with Crippen molar-refractivity contribution in [2.24, 2.45) is 11.7 Å². The molecule has 0 radical (unpaired) electrons. The molecule has 0 aromatic heterocycles. The van der Waals surface area contributed by atoms with Crippen molar-refractivity contribution in [2.45, 2.75) is 38.6 Å². The van der Waals surface area contributed by atoms with Crippen molar-refractivity contribution < 1.29 is 9.59 Å². The number of nitrogens with one attached hydrogen (secondary N) is 2. The zero-order chi connectivity index (χ0) is 15.4. The van der Waals surface area contributed by atoms with Crippen LogP contribution in [0.4, 0.5) is 11.4 Å². The topological polar surface area (TPSA) is 84.2 Å². The molecule has 0 heterocycles. The van der Waals surface area contributed by atoms with Gasteiger partial charge in [0, 0.05) is 25.1 Å². The first-order valence-electron chi connectivity index (χ1n) is 7.08. The molecule has 0 saturated heterocycles. The van der Waals surface area contributed by atoms with E-state index in [1.807, 2.05) is 0 Å². The summed E-state index contributed by atoms with van der Waals surface area (Å²) in [5.41, 5.74) is 7.11. The van der Waals surface area contributed by atoms with Crippen molar-refractivity contribution in [3.05, 3.63) is 23.2 Å². The van der Waals surface area contributed by atoms with E-state index in [2.05, 4.69) is 10.6 Å². The number of nitrogens with two attached hydrogens (primary N) is 1. The van der Waals surface area contributed by atoms with Gasteiger partial charge in [0.15, 0.2) is 0 Å². The highest BCUT2D eigenvalue weighted by Crippen LogP contribution is 2.29. The molecule has 6 heteroatoms. The molecular weight excluding hydrogens is 290 g/mol. The van der Waals surface area contributed by atoms with Crippen LogP contribution in [0, 0.1) is 5.92 Å². The van der Waals surface area contributed by atoms with Gasteiger partial charge in [0.05, 0.1) is 10.7 Å². The normalized spacial score (nSPS) is 21.1. The number of anilines is 2. The van der Waals surface area contributed by atoms with Crippen molar-refractivity contribution in [2.75, 3.05) is 10.6 Å². The molecule has 2 atom stereocenters. The second kappa shape index (κ2) is 6.91. The van der Waals surface area contributed by atoms with Gasteiger partial charge in [0.25, 0.3) is 0 Å². The zero-order valence-corrected chi connectivity index (χ0v) is 12.7. The van der Waals surface area contributed by atoms with Crippen molar-refractivity contribution >= 4 is 34.8 Å². The molecule has 1 aromatic rings. The van der Waals surface area contributed by atoms with E-state index in [4.69, 9.17) is 17.3 Å². The predicted octanol–water partition coefficient (Wildman–Crippen LogP) is 2.75. The van der Waals surface area contributed by atoms with Gasteiger partial charge in [-0.25, -0.2) is 0 Å². The quantitative estimate of drug-likeness (QED) is 0.799. The van der Waals surface area contributed by atoms with E-state index in [1.165, 1.54) is 6.92 Å². The van der Waals surface area contributed by atoms with Crippen molar-refractivity contribution in [3.8, 4) is 0 Å². The van der Waals surface area contributed by atoms with Crippen LogP contribution in [0.2, 0.25) is 5.02 Å². The third kappa shape index (κ3) is 4.44. The van der Waals surface area contributed by atoms with Crippen LogP contribution in [-0.2, 0) is 9.59 Å². The van der Waals surface area contributed by atoms with Gasteiger partial charge in [0.2, 0.25) is 11.8 Å². The molecule has 1 fully saturated rings. The second-order valence-electron chi connectivity index (χ2n) is 5.48. The molecule has 1 saturated carbocycles. The largest absolute Gasteiger partial charge is 0.327 e. The Bertz CT molecular complexity index is 548. The fraction of sp³-hybridized carbons (Fsp3) is 0.467. The van der Waals surface area contributed by atoms with Gasteiger partial charge < -0.3 is 16.4 Å². The minimum Gasteiger partial charge on any atom is -0.327 e. The van der Waals surface area contributed by atoms with Crippen LogP contribution >= 0.6 is 11.6 Å². The minimum absolute atomic E-state index is 0.0773. The zero-order valence-electron chi connectivity index (χ0n) is 12.0.